The lowest BCUT2D eigenvalue weighted by Gasteiger charge is -2.22. The van der Waals surface area contributed by atoms with E-state index in [0.29, 0.717) is 6.54 Å². The van der Waals surface area contributed by atoms with E-state index in [2.05, 4.69) is 22.4 Å². The highest BCUT2D eigenvalue weighted by Gasteiger charge is 2.06. The quantitative estimate of drug-likeness (QED) is 0.409. The predicted octanol–water partition coefficient (Wildman–Crippen LogP) is 3.70. The average Bonchev–Trinajstić information content (AvgIpc) is 2.61. The maximum Gasteiger partial charge on any atom is 0.193 e. The molecule has 0 unspecified atom stereocenters. The van der Waals surface area contributed by atoms with Gasteiger partial charge in [0.1, 0.15) is 11.6 Å². The van der Waals surface area contributed by atoms with Gasteiger partial charge < -0.3 is 15.0 Å². The summed E-state index contributed by atoms with van der Waals surface area (Å²) in [6, 6.07) is 14.6. The summed E-state index contributed by atoms with van der Waals surface area (Å²) in [4.78, 5) is 6.31. The van der Waals surface area contributed by atoms with Crippen molar-refractivity contribution in [3.63, 3.8) is 0 Å². The van der Waals surface area contributed by atoms with Crippen LogP contribution in [0.15, 0.2) is 53.5 Å². The number of halogens is 2. The van der Waals surface area contributed by atoms with E-state index in [1.54, 1.807) is 26.3 Å². The minimum Gasteiger partial charge on any atom is -0.497 e. The Hall–Kier alpha value is -1.83. The number of rotatable bonds is 6. The second-order valence-corrected chi connectivity index (χ2v) is 5.55. The summed E-state index contributed by atoms with van der Waals surface area (Å²) < 4.78 is 18.1. The predicted molar refractivity (Wildman–Crippen MR) is 111 cm³/mol. The highest BCUT2D eigenvalue weighted by molar-refractivity contribution is 14.0. The molecule has 2 aromatic carbocycles. The van der Waals surface area contributed by atoms with Gasteiger partial charge in [0.05, 0.1) is 7.11 Å². The Morgan fingerprint density at radius 1 is 1.08 bits per heavy atom. The Labute approximate surface area is 166 Å². The number of nitrogens with one attached hydrogen (secondary N) is 1. The number of hydrogen-bond donors (Lipinski definition) is 1. The van der Waals surface area contributed by atoms with Gasteiger partial charge in [0.15, 0.2) is 5.96 Å². The van der Waals surface area contributed by atoms with Crippen LogP contribution in [0.25, 0.3) is 0 Å². The molecule has 25 heavy (non-hydrogen) atoms. The highest BCUT2D eigenvalue weighted by atomic mass is 127. The fourth-order valence-electron chi connectivity index (χ4n) is 2.43. The van der Waals surface area contributed by atoms with E-state index in [1.165, 1.54) is 17.7 Å². The van der Waals surface area contributed by atoms with Gasteiger partial charge in [-0.1, -0.05) is 24.3 Å². The monoisotopic (exact) mass is 457 g/mol. The van der Waals surface area contributed by atoms with Crippen molar-refractivity contribution in [3.05, 3.63) is 65.5 Å². The normalized spacial score (nSPS) is 10.8. The van der Waals surface area contributed by atoms with Gasteiger partial charge >= 0.3 is 0 Å². The van der Waals surface area contributed by atoms with Crippen LogP contribution < -0.4 is 10.1 Å². The Morgan fingerprint density at radius 2 is 1.68 bits per heavy atom. The second-order valence-electron chi connectivity index (χ2n) is 5.55. The lowest BCUT2D eigenvalue weighted by Crippen LogP contribution is -2.39. The van der Waals surface area contributed by atoms with Gasteiger partial charge in [0.25, 0.3) is 0 Å². The van der Waals surface area contributed by atoms with E-state index >= 15 is 0 Å². The van der Waals surface area contributed by atoms with Gasteiger partial charge in [-0.05, 0) is 41.8 Å². The van der Waals surface area contributed by atoms with Crippen molar-refractivity contribution < 1.29 is 9.13 Å². The molecular weight excluding hydrogens is 432 g/mol. The number of nitrogens with zero attached hydrogens (tertiary/aromatic N) is 2. The molecule has 6 heteroatoms. The van der Waals surface area contributed by atoms with Crippen molar-refractivity contribution in [1.82, 2.24) is 10.2 Å². The first kappa shape index (κ1) is 21.2. The summed E-state index contributed by atoms with van der Waals surface area (Å²) in [5, 5.41) is 3.35. The van der Waals surface area contributed by atoms with Crippen LogP contribution in [-0.4, -0.2) is 38.6 Å². The molecule has 0 saturated carbocycles. The molecule has 136 valence electrons. The van der Waals surface area contributed by atoms with Crippen molar-refractivity contribution >= 4 is 29.9 Å². The van der Waals surface area contributed by atoms with Crippen LogP contribution in [0.1, 0.15) is 11.1 Å². The van der Waals surface area contributed by atoms with Crippen LogP contribution in [0, 0.1) is 5.82 Å². The van der Waals surface area contributed by atoms with Gasteiger partial charge in [-0.3, -0.25) is 4.99 Å². The number of guanidine groups is 1. The van der Waals surface area contributed by atoms with E-state index in [4.69, 9.17) is 4.74 Å². The lowest BCUT2D eigenvalue weighted by molar-refractivity contribution is 0.414. The minimum atomic E-state index is -0.219. The number of aliphatic imine (C=N–C) groups is 1. The largest absolute Gasteiger partial charge is 0.497 e. The van der Waals surface area contributed by atoms with Gasteiger partial charge in [-0.2, -0.15) is 0 Å². The van der Waals surface area contributed by atoms with Gasteiger partial charge in [0, 0.05) is 27.2 Å². The molecule has 0 fully saturated rings. The van der Waals surface area contributed by atoms with Crippen molar-refractivity contribution in [2.24, 2.45) is 4.99 Å². The molecule has 0 aliphatic rings. The van der Waals surface area contributed by atoms with Gasteiger partial charge in [-0.25, -0.2) is 4.39 Å². The Bertz CT molecular complexity index is 659. The molecule has 2 aromatic rings. The van der Waals surface area contributed by atoms with Crippen LogP contribution in [0.4, 0.5) is 4.39 Å². The molecule has 4 nitrogen and oxygen atoms in total. The number of benzene rings is 2. The molecule has 2 rings (SSSR count). The zero-order valence-corrected chi connectivity index (χ0v) is 17.2. The smallest absolute Gasteiger partial charge is 0.193 e. The van der Waals surface area contributed by atoms with E-state index in [9.17, 15) is 4.39 Å². The molecule has 0 radical (unpaired) electrons. The Kier molecular flexibility index (Phi) is 9.26. The van der Waals surface area contributed by atoms with E-state index < -0.39 is 0 Å². The standard InChI is InChI=1S/C19H24FN3O.HI/c1-21-19(23(2)14-16-4-8-17(20)9-5-16)22-13-12-15-6-10-18(24-3)11-7-15;/h4-11H,12-14H2,1-3H3,(H,21,22);1H. The molecule has 0 aromatic heterocycles. The van der Waals surface area contributed by atoms with E-state index in [0.717, 1.165) is 30.2 Å². The van der Waals surface area contributed by atoms with Crippen molar-refractivity contribution in [2.45, 2.75) is 13.0 Å². The molecule has 0 heterocycles. The maximum absolute atomic E-state index is 13.0. The average molecular weight is 457 g/mol. The SMILES string of the molecule is CN=C(NCCc1ccc(OC)cc1)N(C)Cc1ccc(F)cc1.I. The van der Waals surface area contributed by atoms with Crippen LogP contribution in [0.2, 0.25) is 0 Å². The van der Waals surface area contributed by atoms with Crippen LogP contribution in [0.3, 0.4) is 0 Å². The minimum absolute atomic E-state index is 0. The zero-order chi connectivity index (χ0) is 17.4. The van der Waals surface area contributed by atoms with Crippen LogP contribution in [0.5, 0.6) is 5.75 Å². The molecule has 0 amide bonds. The van der Waals surface area contributed by atoms with Crippen molar-refractivity contribution in [1.29, 1.82) is 0 Å². The first-order valence-corrected chi connectivity index (χ1v) is 7.91. The number of ether oxygens (including phenoxy) is 1. The number of hydrogen-bond acceptors (Lipinski definition) is 2. The third kappa shape index (κ3) is 6.89. The molecule has 1 N–H and O–H groups in total. The third-order valence-corrected chi connectivity index (χ3v) is 3.76. The molecule has 0 aliphatic heterocycles. The van der Waals surface area contributed by atoms with E-state index in [1.807, 2.05) is 24.1 Å². The molecule has 0 saturated heterocycles. The molecule has 0 spiro atoms. The van der Waals surface area contributed by atoms with Crippen LogP contribution >= 0.6 is 24.0 Å². The van der Waals surface area contributed by atoms with Crippen molar-refractivity contribution in [3.8, 4) is 5.75 Å². The van der Waals surface area contributed by atoms with Crippen molar-refractivity contribution in [2.75, 3.05) is 27.7 Å². The van der Waals surface area contributed by atoms with Gasteiger partial charge in [-0.15, -0.1) is 24.0 Å². The molecule has 0 bridgehead atoms. The summed E-state index contributed by atoms with van der Waals surface area (Å²) in [6.07, 6.45) is 0.896. The molecular formula is C19H25FIN3O. The summed E-state index contributed by atoms with van der Waals surface area (Å²) in [6.45, 7) is 1.45. The Morgan fingerprint density at radius 3 is 2.24 bits per heavy atom. The lowest BCUT2D eigenvalue weighted by atomic mass is 10.1. The molecule has 0 aliphatic carbocycles. The zero-order valence-electron chi connectivity index (χ0n) is 14.8. The van der Waals surface area contributed by atoms with Gasteiger partial charge in [0.2, 0.25) is 0 Å². The topological polar surface area (TPSA) is 36.9 Å². The summed E-state index contributed by atoms with van der Waals surface area (Å²) in [5.74, 6) is 1.46. The first-order chi connectivity index (χ1) is 11.6. The maximum atomic E-state index is 13.0. The number of methoxy groups -OCH3 is 1. The summed E-state index contributed by atoms with van der Waals surface area (Å²) >= 11 is 0. The fourth-order valence-corrected chi connectivity index (χ4v) is 2.43. The fraction of sp³-hybridized carbons (Fsp3) is 0.316. The third-order valence-electron chi connectivity index (χ3n) is 3.76. The molecule has 0 atom stereocenters. The first-order valence-electron chi connectivity index (χ1n) is 7.91. The summed E-state index contributed by atoms with van der Waals surface area (Å²) in [5.41, 5.74) is 2.27. The van der Waals surface area contributed by atoms with Crippen LogP contribution in [-0.2, 0) is 13.0 Å². The Balaban J connectivity index is 0.00000312. The van der Waals surface area contributed by atoms with E-state index in [-0.39, 0.29) is 29.8 Å². The second kappa shape index (κ2) is 10.9. The highest BCUT2D eigenvalue weighted by Crippen LogP contribution is 2.11. The summed E-state index contributed by atoms with van der Waals surface area (Å²) in [7, 11) is 5.39.